The first-order valence-electron chi connectivity index (χ1n) is 9.00. The van der Waals surface area contributed by atoms with Gasteiger partial charge in [-0.25, -0.2) is 4.98 Å². The summed E-state index contributed by atoms with van der Waals surface area (Å²) in [4.78, 5) is 8.86. The monoisotopic (exact) mass is 408 g/mol. The largest absolute Gasteiger partial charge is 0.501 e. The van der Waals surface area contributed by atoms with Crippen molar-refractivity contribution in [3.05, 3.63) is 66.2 Å². The second-order valence-corrected chi connectivity index (χ2v) is 7.85. The molecule has 0 radical (unpaired) electrons. The van der Waals surface area contributed by atoms with Crippen LogP contribution in [0.5, 0.6) is 0 Å². The summed E-state index contributed by atoms with van der Waals surface area (Å²) in [6.07, 6.45) is 9.65. The van der Waals surface area contributed by atoms with Crippen molar-refractivity contribution in [3.8, 4) is 10.6 Å². The molecule has 3 aromatic rings. The Morgan fingerprint density at radius 3 is 2.96 bits per heavy atom. The Labute approximate surface area is 173 Å². The molecule has 0 fully saturated rings. The molecule has 0 unspecified atom stereocenters. The minimum absolute atomic E-state index is 0.605. The number of pyridine rings is 1. The molecule has 0 amide bonds. The van der Waals surface area contributed by atoms with Crippen molar-refractivity contribution in [1.29, 1.82) is 0 Å². The van der Waals surface area contributed by atoms with Crippen LogP contribution >= 0.6 is 23.6 Å². The van der Waals surface area contributed by atoms with Gasteiger partial charge in [0.15, 0.2) is 5.11 Å². The molecule has 2 N–H and O–H groups in total. The summed E-state index contributed by atoms with van der Waals surface area (Å²) in [6.45, 7) is 0.726. The van der Waals surface area contributed by atoms with E-state index in [0.29, 0.717) is 5.11 Å². The quantitative estimate of drug-likeness (QED) is 0.586. The molecule has 1 aliphatic carbocycles. The van der Waals surface area contributed by atoms with E-state index in [-0.39, 0.29) is 0 Å². The Morgan fingerprint density at radius 2 is 2.18 bits per heavy atom. The summed E-state index contributed by atoms with van der Waals surface area (Å²) in [6, 6.07) is 10.1. The second kappa shape index (κ2) is 8.50. The van der Waals surface area contributed by atoms with Gasteiger partial charge in [0, 0.05) is 36.6 Å². The van der Waals surface area contributed by atoms with E-state index in [2.05, 4.69) is 33.8 Å². The number of anilines is 1. The number of nitrogens with one attached hydrogen (secondary N) is 2. The van der Waals surface area contributed by atoms with Crippen LogP contribution in [0.2, 0.25) is 0 Å². The molecule has 1 aromatic carbocycles. The maximum absolute atomic E-state index is 5.45. The number of fused-ring (bicyclic) bond motifs is 1. The molecule has 0 saturated heterocycles. The van der Waals surface area contributed by atoms with Crippen molar-refractivity contribution in [2.45, 2.75) is 12.8 Å². The Bertz CT molecular complexity index is 1040. The molecule has 0 saturated carbocycles. The van der Waals surface area contributed by atoms with Gasteiger partial charge in [0.25, 0.3) is 0 Å². The summed E-state index contributed by atoms with van der Waals surface area (Å²) in [5.74, 6) is 1.02. The lowest BCUT2D eigenvalue weighted by Gasteiger charge is -2.16. The van der Waals surface area contributed by atoms with Crippen LogP contribution in [0.1, 0.15) is 12.8 Å². The maximum atomic E-state index is 5.45. The van der Waals surface area contributed by atoms with Gasteiger partial charge in [0.1, 0.15) is 5.01 Å². The number of benzene rings is 1. The highest BCUT2D eigenvalue weighted by Gasteiger charge is 2.09. The third-order valence-electron chi connectivity index (χ3n) is 4.49. The molecule has 0 aliphatic heterocycles. The first-order chi connectivity index (χ1) is 13.7. The fourth-order valence-corrected chi connectivity index (χ4v) is 4.10. The van der Waals surface area contributed by atoms with Crippen molar-refractivity contribution in [2.75, 3.05) is 19.0 Å². The predicted molar refractivity (Wildman–Crippen MR) is 119 cm³/mol. The SMILES string of the molecule is COC1=CC=C(CNC(=S)Nc2cccc(-c3nc4ccncc4s3)c2)CC1. The van der Waals surface area contributed by atoms with Crippen LogP contribution < -0.4 is 10.6 Å². The van der Waals surface area contributed by atoms with Gasteiger partial charge in [-0.15, -0.1) is 11.3 Å². The third kappa shape index (κ3) is 4.37. The number of methoxy groups -OCH3 is 1. The van der Waals surface area contributed by atoms with Crippen molar-refractivity contribution in [1.82, 2.24) is 15.3 Å². The van der Waals surface area contributed by atoms with E-state index in [9.17, 15) is 0 Å². The summed E-state index contributed by atoms with van der Waals surface area (Å²) in [5.41, 5.74) is 4.27. The summed E-state index contributed by atoms with van der Waals surface area (Å²) >= 11 is 7.09. The first-order valence-corrected chi connectivity index (χ1v) is 10.2. The molecule has 2 heterocycles. The van der Waals surface area contributed by atoms with Gasteiger partial charge in [-0.1, -0.05) is 23.8 Å². The van der Waals surface area contributed by atoms with Crippen molar-refractivity contribution < 1.29 is 4.74 Å². The molecule has 7 heteroatoms. The minimum Gasteiger partial charge on any atom is -0.501 e. The van der Waals surface area contributed by atoms with Crippen LogP contribution in [0, 0.1) is 0 Å². The van der Waals surface area contributed by atoms with Gasteiger partial charge < -0.3 is 15.4 Å². The lowest BCUT2D eigenvalue weighted by Crippen LogP contribution is -2.30. The lowest BCUT2D eigenvalue weighted by atomic mass is 10.0. The lowest BCUT2D eigenvalue weighted by molar-refractivity contribution is 0.275. The zero-order valence-corrected chi connectivity index (χ0v) is 17.1. The zero-order valence-electron chi connectivity index (χ0n) is 15.4. The maximum Gasteiger partial charge on any atom is 0.171 e. The molecule has 142 valence electrons. The molecule has 4 rings (SSSR count). The van der Waals surface area contributed by atoms with Crippen LogP contribution in [-0.2, 0) is 4.74 Å². The number of hydrogen-bond donors (Lipinski definition) is 2. The van der Waals surface area contributed by atoms with E-state index >= 15 is 0 Å². The fraction of sp³-hybridized carbons (Fsp3) is 0.190. The second-order valence-electron chi connectivity index (χ2n) is 6.41. The van der Waals surface area contributed by atoms with Gasteiger partial charge >= 0.3 is 0 Å². The first kappa shape index (κ1) is 18.6. The number of thiocarbonyl (C=S) groups is 1. The molecule has 1 aliphatic rings. The smallest absolute Gasteiger partial charge is 0.171 e. The van der Waals surface area contributed by atoms with E-state index in [1.807, 2.05) is 30.5 Å². The standard InChI is InChI=1S/C21H20N4OS2/c1-26-17-7-5-14(6-8-17)12-23-21(27)24-16-4-2-3-15(11-16)20-25-18-9-10-22-13-19(18)28-20/h2-5,7,9-11,13H,6,8,12H2,1H3,(H2,23,24,27). The Morgan fingerprint density at radius 1 is 1.25 bits per heavy atom. The highest BCUT2D eigenvalue weighted by atomic mass is 32.1. The molecule has 28 heavy (non-hydrogen) atoms. The van der Waals surface area contributed by atoms with Crippen LogP contribution in [0.15, 0.2) is 66.2 Å². The van der Waals surface area contributed by atoms with Gasteiger partial charge in [0.05, 0.1) is 23.1 Å². The topological polar surface area (TPSA) is 59.1 Å². The van der Waals surface area contributed by atoms with Crippen LogP contribution in [0.4, 0.5) is 5.69 Å². The minimum atomic E-state index is 0.605. The van der Waals surface area contributed by atoms with Crippen LogP contribution in [0.3, 0.4) is 0 Å². The van der Waals surface area contributed by atoms with E-state index in [0.717, 1.165) is 51.6 Å². The van der Waals surface area contributed by atoms with Gasteiger partial charge in [-0.05, 0) is 42.9 Å². The van der Waals surface area contributed by atoms with Gasteiger partial charge in [0.2, 0.25) is 0 Å². The van der Waals surface area contributed by atoms with Crippen LogP contribution in [-0.4, -0.2) is 28.7 Å². The van der Waals surface area contributed by atoms with Crippen molar-refractivity contribution in [2.24, 2.45) is 0 Å². The number of nitrogens with zero attached hydrogens (tertiary/aromatic N) is 2. The van der Waals surface area contributed by atoms with Gasteiger partial charge in [-0.3, -0.25) is 4.98 Å². The Kier molecular flexibility index (Phi) is 5.64. The number of rotatable bonds is 5. The number of thiazole rings is 1. The van der Waals surface area contributed by atoms with E-state index in [4.69, 9.17) is 21.9 Å². The van der Waals surface area contributed by atoms with E-state index in [1.165, 1.54) is 5.57 Å². The number of hydrogen-bond acceptors (Lipinski definition) is 5. The summed E-state index contributed by atoms with van der Waals surface area (Å²) in [5, 5.41) is 8.11. The van der Waals surface area contributed by atoms with Crippen molar-refractivity contribution >= 4 is 44.6 Å². The fourth-order valence-electron chi connectivity index (χ4n) is 2.98. The molecule has 0 bridgehead atoms. The average molecular weight is 409 g/mol. The molecule has 0 atom stereocenters. The Balaban J connectivity index is 1.40. The van der Waals surface area contributed by atoms with E-state index < -0.39 is 0 Å². The molecule has 5 nitrogen and oxygen atoms in total. The normalized spacial score (nSPS) is 13.6. The molecular weight excluding hydrogens is 388 g/mol. The highest BCUT2D eigenvalue weighted by molar-refractivity contribution is 7.80. The highest BCUT2D eigenvalue weighted by Crippen LogP contribution is 2.30. The zero-order chi connectivity index (χ0) is 19.3. The molecular formula is C21H20N4OS2. The molecule has 0 spiro atoms. The van der Waals surface area contributed by atoms with Crippen LogP contribution in [0.25, 0.3) is 20.8 Å². The third-order valence-corrected chi connectivity index (χ3v) is 5.80. The average Bonchev–Trinajstić information content (AvgIpc) is 3.17. The molecule has 2 aromatic heterocycles. The number of ether oxygens (including phenoxy) is 1. The Hall–Kier alpha value is -2.77. The predicted octanol–water partition coefficient (Wildman–Crippen LogP) is 4.90. The van der Waals surface area contributed by atoms with Crippen molar-refractivity contribution in [3.63, 3.8) is 0 Å². The summed E-state index contributed by atoms with van der Waals surface area (Å²) in [7, 11) is 1.71. The van der Waals surface area contributed by atoms with Gasteiger partial charge in [-0.2, -0.15) is 0 Å². The number of aromatic nitrogens is 2. The number of allylic oxidation sites excluding steroid dienone is 3. The van der Waals surface area contributed by atoms with E-state index in [1.54, 1.807) is 24.6 Å². The summed E-state index contributed by atoms with van der Waals surface area (Å²) < 4.78 is 6.34.